The number of ether oxygens (including phenoxy) is 1. The highest BCUT2D eigenvalue weighted by atomic mass is 16.5. The van der Waals surface area contributed by atoms with Crippen LogP contribution in [0.3, 0.4) is 0 Å². The third-order valence-corrected chi connectivity index (χ3v) is 3.71. The zero-order chi connectivity index (χ0) is 16.4. The fourth-order valence-electron chi connectivity index (χ4n) is 2.70. The Kier molecular flexibility index (Phi) is 3.93. The number of carbonyl (C=O) groups is 3. The molecular formula is C18H15NO4. The molecule has 2 aromatic rings. The monoisotopic (exact) mass is 309 g/mol. The molecule has 0 N–H and O–H groups in total. The predicted molar refractivity (Wildman–Crippen MR) is 84.1 cm³/mol. The van der Waals surface area contributed by atoms with E-state index in [1.165, 1.54) is 0 Å². The molecule has 0 bridgehead atoms. The molecule has 1 aliphatic rings. The summed E-state index contributed by atoms with van der Waals surface area (Å²) in [6.07, 6.45) is 0. The SMILES string of the molecule is CCOC(=O)C1C(=O)N(c2ccccc2)C(=O)c2ccccc21. The molecular weight excluding hydrogens is 294 g/mol. The Bertz CT molecular complexity index is 770. The van der Waals surface area contributed by atoms with Gasteiger partial charge in [-0.15, -0.1) is 0 Å². The van der Waals surface area contributed by atoms with Crippen LogP contribution in [0.15, 0.2) is 54.6 Å². The molecule has 0 saturated heterocycles. The molecule has 1 aliphatic heterocycles. The molecule has 1 unspecified atom stereocenters. The van der Waals surface area contributed by atoms with Gasteiger partial charge in [-0.2, -0.15) is 0 Å². The van der Waals surface area contributed by atoms with Gasteiger partial charge in [-0.1, -0.05) is 36.4 Å². The summed E-state index contributed by atoms with van der Waals surface area (Å²) in [6, 6.07) is 15.2. The van der Waals surface area contributed by atoms with Crippen LogP contribution in [0.2, 0.25) is 0 Å². The van der Waals surface area contributed by atoms with Gasteiger partial charge in [-0.3, -0.25) is 14.4 Å². The number of imide groups is 1. The number of nitrogens with zero attached hydrogens (tertiary/aromatic N) is 1. The Hall–Kier alpha value is -2.95. The minimum atomic E-state index is -1.12. The average molecular weight is 309 g/mol. The van der Waals surface area contributed by atoms with Gasteiger partial charge in [-0.05, 0) is 30.7 Å². The molecule has 116 valence electrons. The van der Waals surface area contributed by atoms with Crippen LogP contribution in [-0.2, 0) is 14.3 Å². The lowest BCUT2D eigenvalue weighted by Gasteiger charge is -2.31. The fraction of sp³-hybridized carbons (Fsp3) is 0.167. The summed E-state index contributed by atoms with van der Waals surface area (Å²) in [4.78, 5) is 38.8. The van der Waals surface area contributed by atoms with Crippen molar-refractivity contribution in [2.75, 3.05) is 11.5 Å². The molecule has 2 aromatic carbocycles. The van der Waals surface area contributed by atoms with Crippen LogP contribution in [0.25, 0.3) is 0 Å². The van der Waals surface area contributed by atoms with Crippen LogP contribution in [0, 0.1) is 0 Å². The molecule has 0 radical (unpaired) electrons. The predicted octanol–water partition coefficient (Wildman–Crippen LogP) is 2.52. The molecule has 5 heteroatoms. The third kappa shape index (κ3) is 2.50. The number of esters is 1. The lowest BCUT2D eigenvalue weighted by atomic mass is 9.88. The van der Waals surface area contributed by atoms with Gasteiger partial charge < -0.3 is 4.74 Å². The van der Waals surface area contributed by atoms with E-state index in [9.17, 15) is 14.4 Å². The smallest absolute Gasteiger partial charge is 0.323 e. The number of rotatable bonds is 3. The van der Waals surface area contributed by atoms with Gasteiger partial charge >= 0.3 is 5.97 Å². The number of hydrogen-bond donors (Lipinski definition) is 0. The van der Waals surface area contributed by atoms with Crippen molar-refractivity contribution < 1.29 is 19.1 Å². The largest absolute Gasteiger partial charge is 0.465 e. The summed E-state index contributed by atoms with van der Waals surface area (Å²) >= 11 is 0. The number of para-hydroxylation sites is 1. The van der Waals surface area contributed by atoms with Crippen LogP contribution < -0.4 is 4.90 Å². The van der Waals surface area contributed by atoms with Gasteiger partial charge in [0.05, 0.1) is 12.3 Å². The van der Waals surface area contributed by atoms with E-state index >= 15 is 0 Å². The van der Waals surface area contributed by atoms with E-state index in [0.717, 1.165) is 4.90 Å². The summed E-state index contributed by atoms with van der Waals surface area (Å²) in [7, 11) is 0. The van der Waals surface area contributed by atoms with Crippen LogP contribution >= 0.6 is 0 Å². The van der Waals surface area contributed by atoms with Crippen LogP contribution in [0.4, 0.5) is 5.69 Å². The van der Waals surface area contributed by atoms with E-state index in [1.54, 1.807) is 61.5 Å². The molecule has 0 saturated carbocycles. The van der Waals surface area contributed by atoms with Crippen molar-refractivity contribution in [3.63, 3.8) is 0 Å². The second kappa shape index (κ2) is 6.04. The normalized spacial score (nSPS) is 16.9. The van der Waals surface area contributed by atoms with E-state index in [4.69, 9.17) is 4.74 Å². The molecule has 2 amide bonds. The highest BCUT2D eigenvalue weighted by molar-refractivity contribution is 6.30. The second-order valence-electron chi connectivity index (χ2n) is 5.09. The first kappa shape index (κ1) is 15.0. The first-order chi connectivity index (χ1) is 11.1. The Morgan fingerprint density at radius 2 is 1.70 bits per heavy atom. The number of fused-ring (bicyclic) bond motifs is 1. The molecule has 5 nitrogen and oxygen atoms in total. The molecule has 0 fully saturated rings. The minimum absolute atomic E-state index is 0.171. The Labute approximate surface area is 133 Å². The summed E-state index contributed by atoms with van der Waals surface area (Å²) in [5, 5.41) is 0. The summed E-state index contributed by atoms with van der Waals surface area (Å²) in [5.41, 5.74) is 1.17. The average Bonchev–Trinajstić information content (AvgIpc) is 2.56. The highest BCUT2D eigenvalue weighted by Crippen LogP contribution is 2.33. The van der Waals surface area contributed by atoms with Crippen molar-refractivity contribution in [3.8, 4) is 0 Å². The first-order valence-corrected chi connectivity index (χ1v) is 7.34. The van der Waals surface area contributed by atoms with Gasteiger partial charge in [0.1, 0.15) is 0 Å². The van der Waals surface area contributed by atoms with Gasteiger partial charge in [0, 0.05) is 5.56 Å². The lowest BCUT2D eigenvalue weighted by Crippen LogP contribution is -2.47. The molecule has 1 atom stereocenters. The summed E-state index contributed by atoms with van der Waals surface area (Å²) in [6.45, 7) is 1.85. The topological polar surface area (TPSA) is 63.7 Å². The van der Waals surface area contributed by atoms with E-state index in [0.29, 0.717) is 16.8 Å². The molecule has 3 rings (SSSR count). The number of anilines is 1. The number of hydrogen-bond acceptors (Lipinski definition) is 4. The third-order valence-electron chi connectivity index (χ3n) is 3.71. The van der Waals surface area contributed by atoms with Crippen molar-refractivity contribution in [2.45, 2.75) is 12.8 Å². The number of carbonyl (C=O) groups excluding carboxylic acids is 3. The van der Waals surface area contributed by atoms with E-state index in [1.807, 2.05) is 0 Å². The maximum Gasteiger partial charge on any atom is 0.323 e. The zero-order valence-electron chi connectivity index (χ0n) is 12.6. The summed E-state index contributed by atoms with van der Waals surface area (Å²) in [5.74, 6) is -2.78. The molecule has 0 aliphatic carbocycles. The Morgan fingerprint density at radius 1 is 1.04 bits per heavy atom. The molecule has 0 aromatic heterocycles. The molecule has 23 heavy (non-hydrogen) atoms. The maximum absolute atomic E-state index is 12.8. The molecule has 0 spiro atoms. The van der Waals surface area contributed by atoms with Crippen molar-refractivity contribution in [3.05, 3.63) is 65.7 Å². The lowest BCUT2D eigenvalue weighted by molar-refractivity contribution is -0.147. The van der Waals surface area contributed by atoms with Gasteiger partial charge in [-0.25, -0.2) is 4.90 Å². The van der Waals surface area contributed by atoms with Crippen LogP contribution in [0.1, 0.15) is 28.8 Å². The fourth-order valence-corrected chi connectivity index (χ4v) is 2.70. The van der Waals surface area contributed by atoms with E-state index in [2.05, 4.69) is 0 Å². The number of amides is 2. The Morgan fingerprint density at radius 3 is 2.39 bits per heavy atom. The first-order valence-electron chi connectivity index (χ1n) is 7.34. The number of benzene rings is 2. The molecule has 1 heterocycles. The minimum Gasteiger partial charge on any atom is -0.465 e. The maximum atomic E-state index is 12.8. The van der Waals surface area contributed by atoms with E-state index in [-0.39, 0.29) is 6.61 Å². The van der Waals surface area contributed by atoms with Gasteiger partial charge in [0.2, 0.25) is 0 Å². The van der Waals surface area contributed by atoms with Crippen LogP contribution in [0.5, 0.6) is 0 Å². The quantitative estimate of drug-likeness (QED) is 0.496. The zero-order valence-corrected chi connectivity index (χ0v) is 12.6. The second-order valence-corrected chi connectivity index (χ2v) is 5.09. The van der Waals surface area contributed by atoms with E-state index < -0.39 is 23.7 Å². The summed E-state index contributed by atoms with van der Waals surface area (Å²) < 4.78 is 5.03. The van der Waals surface area contributed by atoms with Crippen molar-refractivity contribution >= 4 is 23.5 Å². The Balaban J connectivity index is 2.14. The highest BCUT2D eigenvalue weighted by Gasteiger charge is 2.44. The van der Waals surface area contributed by atoms with Gasteiger partial charge in [0.15, 0.2) is 5.92 Å². The van der Waals surface area contributed by atoms with Crippen molar-refractivity contribution in [2.24, 2.45) is 0 Å². The van der Waals surface area contributed by atoms with Crippen molar-refractivity contribution in [1.82, 2.24) is 0 Å². The standard InChI is InChI=1S/C18H15NO4/c1-2-23-18(22)15-13-10-6-7-11-14(13)16(20)19(17(15)21)12-8-4-3-5-9-12/h3-11,15H,2H2,1H3. The van der Waals surface area contributed by atoms with Gasteiger partial charge in [0.25, 0.3) is 11.8 Å². The van der Waals surface area contributed by atoms with Crippen LogP contribution in [-0.4, -0.2) is 24.4 Å². The van der Waals surface area contributed by atoms with Crippen molar-refractivity contribution in [1.29, 1.82) is 0 Å².